The quantitative estimate of drug-likeness (QED) is 0.859. The molecule has 0 saturated heterocycles. The van der Waals surface area contributed by atoms with Crippen molar-refractivity contribution in [3.8, 4) is 6.07 Å². The van der Waals surface area contributed by atoms with Gasteiger partial charge in [0.05, 0.1) is 12.0 Å². The smallest absolute Gasteiger partial charge is 0.0756 e. The maximum Gasteiger partial charge on any atom is 0.0756 e. The summed E-state index contributed by atoms with van der Waals surface area (Å²) in [4.78, 5) is 4.13. The molecule has 0 amide bonds. The lowest BCUT2D eigenvalue weighted by atomic mass is 9.91. The Kier molecular flexibility index (Phi) is 4.11. The molecule has 1 atom stereocenters. The Balaban J connectivity index is 2.26. The highest BCUT2D eigenvalue weighted by Gasteiger charge is 2.13. The van der Waals surface area contributed by atoms with E-state index >= 15 is 0 Å². The Morgan fingerprint density at radius 3 is 2.78 bits per heavy atom. The average Bonchev–Trinajstić information content (AvgIpc) is 2.37. The standard InChI is InChI=1S/C15H13BrN2/c1-11-4-2-3-5-15(11)13(8-17)6-12-7-14(16)10-18-9-12/h2-5,7,9-10,13H,6H2,1H3. The summed E-state index contributed by atoms with van der Waals surface area (Å²) >= 11 is 3.40. The number of rotatable bonds is 3. The summed E-state index contributed by atoms with van der Waals surface area (Å²) in [6, 6.07) is 12.4. The Morgan fingerprint density at radius 1 is 1.33 bits per heavy atom. The lowest BCUT2D eigenvalue weighted by molar-refractivity contribution is 0.836. The van der Waals surface area contributed by atoms with Crippen molar-refractivity contribution >= 4 is 15.9 Å². The Morgan fingerprint density at radius 2 is 2.11 bits per heavy atom. The molecule has 0 saturated carbocycles. The summed E-state index contributed by atoms with van der Waals surface area (Å²) in [5.74, 6) is -0.123. The van der Waals surface area contributed by atoms with E-state index in [1.165, 1.54) is 0 Å². The molecular formula is C15H13BrN2. The largest absolute Gasteiger partial charge is 0.263 e. The van der Waals surface area contributed by atoms with Gasteiger partial charge in [0.2, 0.25) is 0 Å². The van der Waals surface area contributed by atoms with Crippen molar-refractivity contribution in [2.24, 2.45) is 0 Å². The molecule has 0 aliphatic heterocycles. The SMILES string of the molecule is Cc1ccccc1C(C#N)Cc1cncc(Br)c1. The first-order valence-corrected chi connectivity index (χ1v) is 6.54. The third-order valence-corrected chi connectivity index (χ3v) is 3.35. The van der Waals surface area contributed by atoms with Gasteiger partial charge in [0, 0.05) is 16.9 Å². The lowest BCUT2D eigenvalue weighted by Gasteiger charge is -2.12. The molecule has 2 rings (SSSR count). The van der Waals surface area contributed by atoms with E-state index in [-0.39, 0.29) is 5.92 Å². The van der Waals surface area contributed by atoms with Gasteiger partial charge in [-0.2, -0.15) is 5.26 Å². The van der Waals surface area contributed by atoms with Crippen LogP contribution in [0.5, 0.6) is 0 Å². The monoisotopic (exact) mass is 300 g/mol. The number of pyridine rings is 1. The Labute approximate surface area is 115 Å². The second-order valence-electron chi connectivity index (χ2n) is 4.25. The normalized spacial score (nSPS) is 11.8. The molecule has 1 aromatic carbocycles. The Hall–Kier alpha value is -1.66. The summed E-state index contributed by atoms with van der Waals surface area (Å²) in [6.45, 7) is 2.04. The van der Waals surface area contributed by atoms with Gasteiger partial charge in [0.25, 0.3) is 0 Å². The highest BCUT2D eigenvalue weighted by molar-refractivity contribution is 9.10. The third kappa shape index (κ3) is 2.96. The predicted molar refractivity (Wildman–Crippen MR) is 75.2 cm³/mol. The fourth-order valence-electron chi connectivity index (χ4n) is 2.01. The van der Waals surface area contributed by atoms with E-state index < -0.39 is 0 Å². The predicted octanol–water partition coefficient (Wildman–Crippen LogP) is 4.00. The zero-order valence-electron chi connectivity index (χ0n) is 10.1. The van der Waals surface area contributed by atoms with Crippen molar-refractivity contribution in [3.05, 3.63) is 63.9 Å². The number of nitriles is 1. The summed E-state index contributed by atoms with van der Waals surface area (Å²) in [6.07, 6.45) is 4.25. The van der Waals surface area contributed by atoms with Gasteiger partial charge in [0.15, 0.2) is 0 Å². The van der Waals surface area contributed by atoms with E-state index in [0.717, 1.165) is 21.2 Å². The molecule has 90 valence electrons. The van der Waals surface area contributed by atoms with Crippen LogP contribution in [0.2, 0.25) is 0 Å². The van der Waals surface area contributed by atoms with Crippen molar-refractivity contribution in [1.82, 2.24) is 4.98 Å². The number of aryl methyl sites for hydroxylation is 1. The van der Waals surface area contributed by atoms with E-state index in [1.54, 1.807) is 6.20 Å². The number of nitrogens with zero attached hydrogens (tertiary/aromatic N) is 2. The van der Waals surface area contributed by atoms with Gasteiger partial charge in [-0.15, -0.1) is 0 Å². The second-order valence-corrected chi connectivity index (χ2v) is 5.17. The molecule has 0 aliphatic rings. The molecule has 0 spiro atoms. The van der Waals surface area contributed by atoms with Crippen LogP contribution in [-0.2, 0) is 6.42 Å². The van der Waals surface area contributed by atoms with Gasteiger partial charge in [-0.25, -0.2) is 0 Å². The van der Waals surface area contributed by atoms with Crippen LogP contribution in [0.25, 0.3) is 0 Å². The molecule has 18 heavy (non-hydrogen) atoms. The van der Waals surface area contributed by atoms with Gasteiger partial charge in [-0.05, 0) is 52.0 Å². The molecule has 0 aliphatic carbocycles. The van der Waals surface area contributed by atoms with Gasteiger partial charge >= 0.3 is 0 Å². The maximum absolute atomic E-state index is 9.35. The molecule has 3 heteroatoms. The molecule has 1 unspecified atom stereocenters. The van der Waals surface area contributed by atoms with Crippen LogP contribution >= 0.6 is 15.9 Å². The fraction of sp³-hybridized carbons (Fsp3) is 0.200. The van der Waals surface area contributed by atoms with Crippen LogP contribution in [0.3, 0.4) is 0 Å². The molecule has 0 fully saturated rings. The first-order chi connectivity index (χ1) is 8.70. The highest BCUT2D eigenvalue weighted by atomic mass is 79.9. The van der Waals surface area contributed by atoms with Crippen LogP contribution < -0.4 is 0 Å². The first-order valence-electron chi connectivity index (χ1n) is 5.75. The summed E-state index contributed by atoms with van der Waals surface area (Å²) in [7, 11) is 0. The molecule has 1 heterocycles. The van der Waals surface area contributed by atoms with Gasteiger partial charge < -0.3 is 0 Å². The van der Waals surface area contributed by atoms with E-state index in [0.29, 0.717) is 6.42 Å². The maximum atomic E-state index is 9.35. The minimum atomic E-state index is -0.123. The molecular weight excluding hydrogens is 288 g/mol. The van der Waals surface area contributed by atoms with Crippen molar-refractivity contribution in [2.45, 2.75) is 19.3 Å². The molecule has 2 nitrogen and oxygen atoms in total. The zero-order valence-corrected chi connectivity index (χ0v) is 11.7. The zero-order chi connectivity index (χ0) is 13.0. The van der Waals surface area contributed by atoms with E-state index in [4.69, 9.17) is 0 Å². The molecule has 2 aromatic rings. The van der Waals surface area contributed by atoms with Crippen LogP contribution in [0.4, 0.5) is 0 Å². The van der Waals surface area contributed by atoms with E-state index in [2.05, 4.69) is 27.0 Å². The Bertz CT molecular complexity index is 587. The topological polar surface area (TPSA) is 36.7 Å². The van der Waals surface area contributed by atoms with Crippen LogP contribution in [0.1, 0.15) is 22.6 Å². The van der Waals surface area contributed by atoms with Gasteiger partial charge in [-0.1, -0.05) is 24.3 Å². The van der Waals surface area contributed by atoms with E-state index in [1.807, 2.05) is 43.5 Å². The van der Waals surface area contributed by atoms with Crippen molar-refractivity contribution in [2.75, 3.05) is 0 Å². The van der Waals surface area contributed by atoms with Gasteiger partial charge in [-0.3, -0.25) is 4.98 Å². The number of aromatic nitrogens is 1. The molecule has 0 bridgehead atoms. The average molecular weight is 301 g/mol. The van der Waals surface area contributed by atoms with Crippen molar-refractivity contribution in [1.29, 1.82) is 5.26 Å². The van der Waals surface area contributed by atoms with Crippen molar-refractivity contribution < 1.29 is 0 Å². The van der Waals surface area contributed by atoms with Crippen LogP contribution in [-0.4, -0.2) is 4.98 Å². The third-order valence-electron chi connectivity index (χ3n) is 2.92. The van der Waals surface area contributed by atoms with E-state index in [9.17, 15) is 5.26 Å². The lowest BCUT2D eigenvalue weighted by Crippen LogP contribution is -2.03. The second kappa shape index (κ2) is 5.79. The number of hydrogen-bond donors (Lipinski definition) is 0. The minimum Gasteiger partial charge on any atom is -0.263 e. The number of hydrogen-bond acceptors (Lipinski definition) is 2. The highest BCUT2D eigenvalue weighted by Crippen LogP contribution is 2.24. The van der Waals surface area contributed by atoms with Crippen LogP contribution in [0, 0.1) is 18.3 Å². The number of halogens is 1. The van der Waals surface area contributed by atoms with Crippen LogP contribution in [0.15, 0.2) is 47.2 Å². The summed E-state index contributed by atoms with van der Waals surface area (Å²) < 4.78 is 0.946. The summed E-state index contributed by atoms with van der Waals surface area (Å²) in [5.41, 5.74) is 3.33. The molecule has 0 N–H and O–H groups in total. The fourth-order valence-corrected chi connectivity index (χ4v) is 2.42. The molecule has 1 aromatic heterocycles. The minimum absolute atomic E-state index is 0.123. The van der Waals surface area contributed by atoms with Gasteiger partial charge in [0.1, 0.15) is 0 Å². The summed E-state index contributed by atoms with van der Waals surface area (Å²) in [5, 5.41) is 9.35. The first kappa shape index (κ1) is 12.8. The number of benzene rings is 1. The molecule has 0 radical (unpaired) electrons. The van der Waals surface area contributed by atoms with Crippen molar-refractivity contribution in [3.63, 3.8) is 0 Å².